The predicted octanol–water partition coefficient (Wildman–Crippen LogP) is 0.169. The van der Waals surface area contributed by atoms with Gasteiger partial charge in [-0.15, -0.1) is 0 Å². The van der Waals surface area contributed by atoms with Crippen molar-refractivity contribution in [1.29, 1.82) is 0 Å². The molecule has 114 valence electrons. The number of aliphatic carboxylic acids is 1. The number of carbonyl (C=O) groups is 3. The Labute approximate surface area is 119 Å². The quantitative estimate of drug-likeness (QED) is 0.801. The van der Waals surface area contributed by atoms with Gasteiger partial charge in [0.15, 0.2) is 0 Å². The number of urea groups is 1. The number of carbonyl (C=O) groups excluding carboxylic acids is 2. The van der Waals surface area contributed by atoms with E-state index < -0.39 is 17.8 Å². The van der Waals surface area contributed by atoms with Crippen molar-refractivity contribution in [2.24, 2.45) is 11.8 Å². The van der Waals surface area contributed by atoms with Gasteiger partial charge in [0.05, 0.1) is 5.92 Å². The van der Waals surface area contributed by atoms with Gasteiger partial charge in [0, 0.05) is 46.2 Å². The summed E-state index contributed by atoms with van der Waals surface area (Å²) in [5, 5.41) is 8.95. The zero-order valence-corrected chi connectivity index (χ0v) is 12.5. The second kappa shape index (κ2) is 6.58. The normalized spacial score (nSPS) is 18.4. The SMILES string of the molecule is CC(C(=O)O)C(C)C(=O)N1CCN(C(=O)N(C)C)CC1. The molecule has 1 fully saturated rings. The van der Waals surface area contributed by atoms with Gasteiger partial charge in [0.2, 0.25) is 5.91 Å². The molecule has 1 aliphatic rings. The molecule has 2 unspecified atom stereocenters. The van der Waals surface area contributed by atoms with Crippen LogP contribution in [-0.2, 0) is 9.59 Å². The molecule has 0 radical (unpaired) electrons. The molecule has 0 aliphatic carbocycles. The van der Waals surface area contributed by atoms with Crippen molar-refractivity contribution in [3.8, 4) is 0 Å². The van der Waals surface area contributed by atoms with E-state index in [0.717, 1.165) is 0 Å². The standard InChI is InChI=1S/C13H23N3O4/c1-9(10(2)12(18)19)11(17)15-5-7-16(8-6-15)13(20)14(3)4/h9-10H,5-8H2,1-4H3,(H,18,19). The first-order valence-electron chi connectivity index (χ1n) is 6.73. The number of nitrogens with zero attached hydrogens (tertiary/aromatic N) is 3. The molecule has 0 aromatic carbocycles. The maximum atomic E-state index is 12.2. The molecule has 0 spiro atoms. The summed E-state index contributed by atoms with van der Waals surface area (Å²) in [5.41, 5.74) is 0. The van der Waals surface area contributed by atoms with Gasteiger partial charge in [-0.3, -0.25) is 9.59 Å². The van der Waals surface area contributed by atoms with E-state index in [2.05, 4.69) is 0 Å². The van der Waals surface area contributed by atoms with E-state index in [1.165, 1.54) is 11.8 Å². The molecule has 1 saturated heterocycles. The Morgan fingerprint density at radius 3 is 1.80 bits per heavy atom. The lowest BCUT2D eigenvalue weighted by molar-refractivity contribution is -0.149. The Balaban J connectivity index is 2.55. The van der Waals surface area contributed by atoms with Gasteiger partial charge >= 0.3 is 12.0 Å². The van der Waals surface area contributed by atoms with Crippen molar-refractivity contribution < 1.29 is 19.5 Å². The lowest BCUT2D eigenvalue weighted by Crippen LogP contribution is -2.54. The fraction of sp³-hybridized carbons (Fsp3) is 0.769. The fourth-order valence-electron chi connectivity index (χ4n) is 2.12. The van der Waals surface area contributed by atoms with Crippen molar-refractivity contribution in [3.63, 3.8) is 0 Å². The van der Waals surface area contributed by atoms with Crippen LogP contribution in [0.3, 0.4) is 0 Å². The summed E-state index contributed by atoms with van der Waals surface area (Å²) in [6.45, 7) is 5.05. The van der Waals surface area contributed by atoms with Crippen LogP contribution in [0.15, 0.2) is 0 Å². The van der Waals surface area contributed by atoms with Crippen LogP contribution in [-0.4, -0.2) is 78.0 Å². The summed E-state index contributed by atoms with van der Waals surface area (Å²) in [6.07, 6.45) is 0. The first-order valence-corrected chi connectivity index (χ1v) is 6.73. The minimum Gasteiger partial charge on any atom is -0.481 e. The van der Waals surface area contributed by atoms with Crippen LogP contribution < -0.4 is 0 Å². The number of amides is 3. The number of carboxylic acids is 1. The Morgan fingerprint density at radius 2 is 1.40 bits per heavy atom. The monoisotopic (exact) mass is 285 g/mol. The second-order valence-electron chi connectivity index (χ2n) is 5.40. The van der Waals surface area contributed by atoms with Crippen LogP contribution in [0.2, 0.25) is 0 Å². The minimum absolute atomic E-state index is 0.0657. The molecule has 1 rings (SSSR count). The van der Waals surface area contributed by atoms with Gasteiger partial charge in [-0.05, 0) is 0 Å². The number of piperazine rings is 1. The van der Waals surface area contributed by atoms with E-state index in [1.54, 1.807) is 30.8 Å². The summed E-state index contributed by atoms with van der Waals surface area (Å²) in [4.78, 5) is 39.7. The summed E-state index contributed by atoms with van der Waals surface area (Å²) < 4.78 is 0. The summed E-state index contributed by atoms with van der Waals surface area (Å²) >= 11 is 0. The zero-order valence-electron chi connectivity index (χ0n) is 12.5. The molecule has 1 heterocycles. The predicted molar refractivity (Wildman–Crippen MR) is 73.2 cm³/mol. The van der Waals surface area contributed by atoms with E-state index in [-0.39, 0.29) is 11.9 Å². The molecule has 3 amide bonds. The van der Waals surface area contributed by atoms with Crippen molar-refractivity contribution in [1.82, 2.24) is 14.7 Å². The summed E-state index contributed by atoms with van der Waals surface area (Å²) in [5.74, 6) is -2.38. The van der Waals surface area contributed by atoms with E-state index in [0.29, 0.717) is 26.2 Å². The fourth-order valence-corrected chi connectivity index (χ4v) is 2.12. The minimum atomic E-state index is -0.965. The molecule has 0 bridgehead atoms. The van der Waals surface area contributed by atoms with Gasteiger partial charge in [0.25, 0.3) is 0 Å². The number of hydrogen-bond acceptors (Lipinski definition) is 3. The van der Waals surface area contributed by atoms with Crippen LogP contribution >= 0.6 is 0 Å². The summed E-state index contributed by atoms with van der Waals surface area (Å²) in [7, 11) is 3.38. The average Bonchev–Trinajstić information content (AvgIpc) is 2.44. The van der Waals surface area contributed by atoms with Crippen LogP contribution in [0.1, 0.15) is 13.8 Å². The molecular weight excluding hydrogens is 262 g/mol. The highest BCUT2D eigenvalue weighted by Crippen LogP contribution is 2.16. The molecule has 1 aliphatic heterocycles. The molecular formula is C13H23N3O4. The Bertz CT molecular complexity index is 389. The van der Waals surface area contributed by atoms with Crippen LogP contribution in [0.25, 0.3) is 0 Å². The highest BCUT2D eigenvalue weighted by Gasteiger charge is 2.32. The molecule has 0 aromatic heterocycles. The maximum absolute atomic E-state index is 12.2. The molecule has 20 heavy (non-hydrogen) atoms. The van der Waals surface area contributed by atoms with Crippen LogP contribution in [0, 0.1) is 11.8 Å². The topological polar surface area (TPSA) is 81.2 Å². The average molecular weight is 285 g/mol. The van der Waals surface area contributed by atoms with Crippen molar-refractivity contribution in [2.75, 3.05) is 40.3 Å². The number of rotatable bonds is 3. The van der Waals surface area contributed by atoms with Crippen LogP contribution in [0.4, 0.5) is 4.79 Å². The van der Waals surface area contributed by atoms with Gasteiger partial charge < -0.3 is 19.8 Å². The number of hydrogen-bond donors (Lipinski definition) is 1. The highest BCUT2D eigenvalue weighted by molar-refractivity contribution is 5.84. The largest absolute Gasteiger partial charge is 0.481 e. The van der Waals surface area contributed by atoms with Gasteiger partial charge in [-0.2, -0.15) is 0 Å². The molecule has 1 N–H and O–H groups in total. The van der Waals surface area contributed by atoms with Crippen LogP contribution in [0.5, 0.6) is 0 Å². The second-order valence-corrected chi connectivity index (χ2v) is 5.40. The third-order valence-electron chi connectivity index (χ3n) is 3.77. The Kier molecular flexibility index (Phi) is 5.35. The van der Waals surface area contributed by atoms with Crippen molar-refractivity contribution in [3.05, 3.63) is 0 Å². The first kappa shape index (κ1) is 16.3. The van der Waals surface area contributed by atoms with Gasteiger partial charge in [-0.1, -0.05) is 13.8 Å². The van der Waals surface area contributed by atoms with Gasteiger partial charge in [-0.25, -0.2) is 4.79 Å². The smallest absolute Gasteiger partial charge is 0.319 e. The molecule has 7 heteroatoms. The van der Waals surface area contributed by atoms with Crippen molar-refractivity contribution >= 4 is 17.9 Å². The number of carboxylic acid groups (broad SMARTS) is 1. The van der Waals surface area contributed by atoms with Gasteiger partial charge in [0.1, 0.15) is 0 Å². The Hall–Kier alpha value is -1.79. The molecule has 2 atom stereocenters. The zero-order chi connectivity index (χ0) is 15.4. The third-order valence-corrected chi connectivity index (χ3v) is 3.77. The molecule has 7 nitrogen and oxygen atoms in total. The van der Waals surface area contributed by atoms with E-state index >= 15 is 0 Å². The Morgan fingerprint density at radius 1 is 0.950 bits per heavy atom. The van der Waals surface area contributed by atoms with E-state index in [4.69, 9.17) is 5.11 Å². The first-order chi connectivity index (χ1) is 9.25. The lowest BCUT2D eigenvalue weighted by Gasteiger charge is -2.37. The maximum Gasteiger partial charge on any atom is 0.319 e. The van der Waals surface area contributed by atoms with E-state index in [9.17, 15) is 14.4 Å². The summed E-state index contributed by atoms with van der Waals surface area (Å²) in [6, 6.07) is -0.0657. The molecule has 0 saturated carbocycles. The van der Waals surface area contributed by atoms with Crippen molar-refractivity contribution in [2.45, 2.75) is 13.8 Å². The third kappa shape index (κ3) is 3.61. The lowest BCUT2D eigenvalue weighted by atomic mass is 9.94. The molecule has 0 aromatic rings. The van der Waals surface area contributed by atoms with E-state index in [1.807, 2.05) is 0 Å². The highest BCUT2D eigenvalue weighted by atomic mass is 16.4.